The summed E-state index contributed by atoms with van der Waals surface area (Å²) in [5, 5.41) is 5.89. The standard InChI is InChI=1S/C16H20N4O2/c1-3-12-6-4-5-7-14(12)20-16-18-10-13(11-19-16)15(21)17-8-9-22-2/h4-7,10-11H,3,8-9H2,1-2H3,(H,17,21)(H,18,19,20). The van der Waals surface area contributed by atoms with Crippen LogP contribution in [0.1, 0.15) is 22.8 Å². The Balaban J connectivity index is 2.01. The molecule has 6 heteroatoms. The van der Waals surface area contributed by atoms with Crippen molar-refractivity contribution in [1.29, 1.82) is 0 Å². The Labute approximate surface area is 129 Å². The molecule has 0 spiro atoms. The molecule has 0 saturated heterocycles. The van der Waals surface area contributed by atoms with E-state index in [0.717, 1.165) is 12.1 Å². The molecule has 1 aromatic heterocycles. The zero-order chi connectivity index (χ0) is 15.8. The van der Waals surface area contributed by atoms with Crippen LogP contribution in [0.2, 0.25) is 0 Å². The van der Waals surface area contributed by atoms with Gasteiger partial charge < -0.3 is 15.4 Å². The lowest BCUT2D eigenvalue weighted by molar-refractivity contribution is 0.0936. The zero-order valence-corrected chi connectivity index (χ0v) is 12.8. The highest BCUT2D eigenvalue weighted by Crippen LogP contribution is 2.18. The Hall–Kier alpha value is -2.47. The number of benzene rings is 1. The zero-order valence-electron chi connectivity index (χ0n) is 12.8. The van der Waals surface area contributed by atoms with E-state index in [1.807, 2.05) is 18.2 Å². The normalized spacial score (nSPS) is 10.3. The predicted octanol–water partition coefficient (Wildman–Crippen LogP) is 2.16. The minimum atomic E-state index is -0.211. The molecule has 6 nitrogen and oxygen atoms in total. The van der Waals surface area contributed by atoms with E-state index >= 15 is 0 Å². The van der Waals surface area contributed by atoms with Gasteiger partial charge in [-0.2, -0.15) is 0 Å². The van der Waals surface area contributed by atoms with Gasteiger partial charge in [-0.25, -0.2) is 9.97 Å². The first-order chi connectivity index (χ1) is 10.7. The average Bonchev–Trinajstić information content (AvgIpc) is 2.56. The summed E-state index contributed by atoms with van der Waals surface area (Å²) in [5.41, 5.74) is 2.58. The molecule has 2 rings (SSSR count). The van der Waals surface area contributed by atoms with Gasteiger partial charge in [0.15, 0.2) is 0 Å². The number of nitrogens with one attached hydrogen (secondary N) is 2. The highest BCUT2D eigenvalue weighted by Gasteiger charge is 2.07. The van der Waals surface area contributed by atoms with Crippen LogP contribution in [-0.2, 0) is 11.2 Å². The number of aromatic nitrogens is 2. The number of hydrogen-bond donors (Lipinski definition) is 2. The quantitative estimate of drug-likeness (QED) is 0.766. The van der Waals surface area contributed by atoms with Crippen molar-refractivity contribution in [1.82, 2.24) is 15.3 Å². The first kappa shape index (κ1) is 15.9. The van der Waals surface area contributed by atoms with E-state index in [1.54, 1.807) is 7.11 Å². The van der Waals surface area contributed by atoms with E-state index in [-0.39, 0.29) is 5.91 Å². The number of ether oxygens (including phenoxy) is 1. The topological polar surface area (TPSA) is 76.1 Å². The number of anilines is 2. The Morgan fingerprint density at radius 3 is 2.64 bits per heavy atom. The van der Waals surface area contributed by atoms with Crippen LogP contribution < -0.4 is 10.6 Å². The van der Waals surface area contributed by atoms with Gasteiger partial charge in [-0.3, -0.25) is 4.79 Å². The lowest BCUT2D eigenvalue weighted by Gasteiger charge is -2.09. The second-order valence-corrected chi connectivity index (χ2v) is 4.68. The van der Waals surface area contributed by atoms with Gasteiger partial charge in [-0.1, -0.05) is 25.1 Å². The van der Waals surface area contributed by atoms with Gasteiger partial charge in [-0.15, -0.1) is 0 Å². The molecule has 0 aliphatic heterocycles. The Bertz CT molecular complexity index is 614. The van der Waals surface area contributed by atoms with Crippen LogP contribution in [0.3, 0.4) is 0 Å². The highest BCUT2D eigenvalue weighted by atomic mass is 16.5. The molecule has 0 fully saturated rings. The summed E-state index contributed by atoms with van der Waals surface area (Å²) in [5.74, 6) is 0.256. The van der Waals surface area contributed by atoms with Crippen LogP contribution >= 0.6 is 0 Å². The smallest absolute Gasteiger partial charge is 0.254 e. The highest BCUT2D eigenvalue weighted by molar-refractivity contribution is 5.93. The Kier molecular flexibility index (Phi) is 5.85. The van der Waals surface area contributed by atoms with Gasteiger partial charge in [0.1, 0.15) is 0 Å². The molecule has 116 valence electrons. The second-order valence-electron chi connectivity index (χ2n) is 4.68. The third kappa shape index (κ3) is 4.26. The van der Waals surface area contributed by atoms with Crippen LogP contribution in [0.4, 0.5) is 11.6 Å². The van der Waals surface area contributed by atoms with Crippen LogP contribution in [0, 0.1) is 0 Å². The maximum Gasteiger partial charge on any atom is 0.254 e. The van der Waals surface area contributed by atoms with E-state index in [2.05, 4.69) is 33.6 Å². The molecule has 0 atom stereocenters. The van der Waals surface area contributed by atoms with Crippen molar-refractivity contribution in [3.63, 3.8) is 0 Å². The van der Waals surface area contributed by atoms with Gasteiger partial charge in [0.05, 0.1) is 12.2 Å². The van der Waals surface area contributed by atoms with E-state index in [4.69, 9.17) is 4.74 Å². The molecule has 0 aliphatic carbocycles. The van der Waals surface area contributed by atoms with E-state index < -0.39 is 0 Å². The van der Waals surface area contributed by atoms with Gasteiger partial charge in [0.25, 0.3) is 5.91 Å². The maximum atomic E-state index is 11.8. The Morgan fingerprint density at radius 1 is 1.23 bits per heavy atom. The van der Waals surface area contributed by atoms with Crippen molar-refractivity contribution < 1.29 is 9.53 Å². The van der Waals surface area contributed by atoms with Crippen LogP contribution in [0.15, 0.2) is 36.7 Å². The molecule has 22 heavy (non-hydrogen) atoms. The van der Waals surface area contributed by atoms with Crippen molar-refractivity contribution in [2.24, 2.45) is 0 Å². The molecule has 2 aromatic rings. The number of methoxy groups -OCH3 is 1. The van der Waals surface area contributed by atoms with Crippen molar-refractivity contribution in [2.45, 2.75) is 13.3 Å². The van der Waals surface area contributed by atoms with Gasteiger partial charge in [0, 0.05) is 31.7 Å². The minimum Gasteiger partial charge on any atom is -0.383 e. The third-order valence-corrected chi connectivity index (χ3v) is 3.15. The summed E-state index contributed by atoms with van der Waals surface area (Å²) in [6.45, 7) is 3.02. The molecule has 1 heterocycles. The molecule has 0 unspecified atom stereocenters. The van der Waals surface area contributed by atoms with Crippen LogP contribution in [0.5, 0.6) is 0 Å². The number of rotatable bonds is 7. The summed E-state index contributed by atoms with van der Waals surface area (Å²) in [6.07, 6.45) is 3.93. The predicted molar refractivity (Wildman–Crippen MR) is 85.3 cm³/mol. The summed E-state index contributed by atoms with van der Waals surface area (Å²) in [6, 6.07) is 7.99. The molecule has 1 aromatic carbocycles. The van der Waals surface area contributed by atoms with E-state index in [1.165, 1.54) is 18.0 Å². The molecule has 0 saturated carbocycles. The fourth-order valence-corrected chi connectivity index (χ4v) is 1.95. The van der Waals surface area contributed by atoms with Gasteiger partial charge >= 0.3 is 0 Å². The second kappa shape index (κ2) is 8.09. The molecule has 2 N–H and O–H groups in total. The van der Waals surface area contributed by atoms with Crippen molar-refractivity contribution >= 4 is 17.5 Å². The molecule has 0 radical (unpaired) electrons. The summed E-state index contributed by atoms with van der Waals surface area (Å²) in [4.78, 5) is 20.2. The van der Waals surface area contributed by atoms with Crippen LogP contribution in [-0.4, -0.2) is 36.1 Å². The average molecular weight is 300 g/mol. The number of aryl methyl sites for hydroxylation is 1. The number of amides is 1. The minimum absolute atomic E-state index is 0.211. The molecular formula is C16H20N4O2. The van der Waals surface area contributed by atoms with Gasteiger partial charge in [-0.05, 0) is 18.1 Å². The summed E-state index contributed by atoms with van der Waals surface area (Å²) in [7, 11) is 1.59. The fraction of sp³-hybridized carbons (Fsp3) is 0.312. The fourth-order valence-electron chi connectivity index (χ4n) is 1.95. The van der Waals surface area contributed by atoms with Crippen molar-refractivity contribution in [3.8, 4) is 0 Å². The lowest BCUT2D eigenvalue weighted by atomic mass is 10.1. The summed E-state index contributed by atoms with van der Waals surface area (Å²) < 4.78 is 4.88. The Morgan fingerprint density at radius 2 is 1.95 bits per heavy atom. The third-order valence-electron chi connectivity index (χ3n) is 3.15. The lowest BCUT2D eigenvalue weighted by Crippen LogP contribution is -2.27. The largest absolute Gasteiger partial charge is 0.383 e. The number of hydrogen-bond acceptors (Lipinski definition) is 5. The van der Waals surface area contributed by atoms with Crippen LogP contribution in [0.25, 0.3) is 0 Å². The molecule has 1 amide bonds. The molecule has 0 bridgehead atoms. The SMILES string of the molecule is CCc1ccccc1Nc1ncc(C(=O)NCCOC)cn1. The first-order valence-corrected chi connectivity index (χ1v) is 7.18. The van der Waals surface area contributed by atoms with Gasteiger partial charge in [0.2, 0.25) is 5.95 Å². The number of carbonyl (C=O) groups excluding carboxylic acids is 1. The monoisotopic (exact) mass is 300 g/mol. The molecular weight excluding hydrogens is 280 g/mol. The van der Waals surface area contributed by atoms with E-state index in [9.17, 15) is 4.79 Å². The number of para-hydroxylation sites is 1. The first-order valence-electron chi connectivity index (χ1n) is 7.18. The van der Waals surface area contributed by atoms with Crippen molar-refractivity contribution in [3.05, 3.63) is 47.8 Å². The molecule has 0 aliphatic rings. The number of nitrogens with zero attached hydrogens (tertiary/aromatic N) is 2. The summed E-state index contributed by atoms with van der Waals surface area (Å²) >= 11 is 0. The maximum absolute atomic E-state index is 11.8. The number of carbonyl (C=O) groups is 1. The van der Waals surface area contributed by atoms with Crippen molar-refractivity contribution in [2.75, 3.05) is 25.6 Å². The van der Waals surface area contributed by atoms with E-state index in [0.29, 0.717) is 24.7 Å².